The minimum atomic E-state index is 0.325. The Kier molecular flexibility index (Phi) is 3.54. The summed E-state index contributed by atoms with van der Waals surface area (Å²) in [6.07, 6.45) is 4.44. The molecule has 2 fully saturated rings. The van der Waals surface area contributed by atoms with Crippen molar-refractivity contribution in [2.24, 2.45) is 11.8 Å². The normalized spacial score (nSPS) is 30.7. The van der Waals surface area contributed by atoms with Crippen molar-refractivity contribution in [3.63, 3.8) is 0 Å². The summed E-state index contributed by atoms with van der Waals surface area (Å²) in [6.45, 7) is 5.24. The van der Waals surface area contributed by atoms with E-state index in [0.717, 1.165) is 51.3 Å². The number of rotatable bonds is 3. The molecule has 0 saturated carbocycles. The fraction of sp³-hybridized carbons (Fsp3) is 0.909. The maximum atomic E-state index is 10.6. The van der Waals surface area contributed by atoms with Gasteiger partial charge in [-0.3, -0.25) is 0 Å². The van der Waals surface area contributed by atoms with Crippen molar-refractivity contribution in [1.29, 1.82) is 0 Å². The van der Waals surface area contributed by atoms with Gasteiger partial charge in [0.15, 0.2) is 0 Å². The number of aldehydes is 1. The predicted molar refractivity (Wildman–Crippen MR) is 54.2 cm³/mol. The minimum absolute atomic E-state index is 0.325. The number of likely N-dealkylation sites (tertiary alicyclic amines) is 1. The van der Waals surface area contributed by atoms with Gasteiger partial charge in [0.1, 0.15) is 6.29 Å². The van der Waals surface area contributed by atoms with Gasteiger partial charge in [0, 0.05) is 19.1 Å². The van der Waals surface area contributed by atoms with Crippen LogP contribution in [0.1, 0.15) is 19.3 Å². The minimum Gasteiger partial charge on any atom is -0.381 e. The number of hydrogen-bond acceptors (Lipinski definition) is 3. The van der Waals surface area contributed by atoms with Crippen LogP contribution in [0.25, 0.3) is 0 Å². The summed E-state index contributed by atoms with van der Waals surface area (Å²) in [4.78, 5) is 13.1. The fourth-order valence-electron chi connectivity index (χ4n) is 2.36. The largest absolute Gasteiger partial charge is 0.381 e. The van der Waals surface area contributed by atoms with Crippen molar-refractivity contribution >= 4 is 6.29 Å². The molecule has 2 aliphatic rings. The molecule has 2 heterocycles. The monoisotopic (exact) mass is 197 g/mol. The van der Waals surface area contributed by atoms with Crippen molar-refractivity contribution in [3.8, 4) is 0 Å². The van der Waals surface area contributed by atoms with Crippen LogP contribution >= 0.6 is 0 Å². The van der Waals surface area contributed by atoms with Crippen molar-refractivity contribution in [3.05, 3.63) is 0 Å². The average Bonchev–Trinajstić information content (AvgIpc) is 2.72. The lowest BCUT2D eigenvalue weighted by Crippen LogP contribution is -2.37. The standard InChI is InChI=1S/C11H19NO2/c13-8-10-1-4-12(5-2-10)7-11-3-6-14-9-11/h8,10-11H,1-7,9H2. The van der Waals surface area contributed by atoms with E-state index in [1.165, 1.54) is 13.0 Å². The van der Waals surface area contributed by atoms with Gasteiger partial charge in [0.05, 0.1) is 6.61 Å². The Morgan fingerprint density at radius 3 is 2.64 bits per heavy atom. The number of hydrogen-bond donors (Lipinski definition) is 0. The molecule has 0 N–H and O–H groups in total. The molecule has 0 radical (unpaired) electrons. The smallest absolute Gasteiger partial charge is 0.123 e. The maximum Gasteiger partial charge on any atom is 0.123 e. The molecule has 2 rings (SSSR count). The lowest BCUT2D eigenvalue weighted by Gasteiger charge is -2.31. The number of carbonyl (C=O) groups is 1. The van der Waals surface area contributed by atoms with Crippen molar-refractivity contribution < 1.29 is 9.53 Å². The first-order chi connectivity index (χ1) is 6.88. The molecular weight excluding hydrogens is 178 g/mol. The van der Waals surface area contributed by atoms with E-state index in [1.807, 2.05) is 0 Å². The molecule has 2 saturated heterocycles. The highest BCUT2D eigenvalue weighted by Gasteiger charge is 2.23. The molecule has 0 amide bonds. The summed E-state index contributed by atoms with van der Waals surface area (Å²) in [6, 6.07) is 0. The van der Waals surface area contributed by atoms with E-state index in [4.69, 9.17) is 4.74 Å². The van der Waals surface area contributed by atoms with Gasteiger partial charge in [0.25, 0.3) is 0 Å². The molecule has 3 nitrogen and oxygen atoms in total. The second-order valence-corrected chi connectivity index (χ2v) is 4.50. The number of nitrogens with zero attached hydrogens (tertiary/aromatic N) is 1. The van der Waals surface area contributed by atoms with Gasteiger partial charge in [-0.15, -0.1) is 0 Å². The first-order valence-electron chi connectivity index (χ1n) is 5.64. The number of piperidine rings is 1. The molecule has 2 aliphatic heterocycles. The summed E-state index contributed by atoms with van der Waals surface area (Å²) in [5, 5.41) is 0. The van der Waals surface area contributed by atoms with Crippen molar-refractivity contribution in [1.82, 2.24) is 4.90 Å². The molecule has 0 aromatic heterocycles. The van der Waals surface area contributed by atoms with Crippen LogP contribution in [0, 0.1) is 11.8 Å². The van der Waals surface area contributed by atoms with Crippen LogP contribution in [-0.4, -0.2) is 44.0 Å². The van der Waals surface area contributed by atoms with Crippen LogP contribution in [0.2, 0.25) is 0 Å². The molecule has 0 aromatic rings. The predicted octanol–water partition coefficient (Wildman–Crippen LogP) is 0.934. The molecule has 0 bridgehead atoms. The molecule has 0 spiro atoms. The Balaban J connectivity index is 1.69. The van der Waals surface area contributed by atoms with Crippen LogP contribution in [0.5, 0.6) is 0 Å². The molecule has 0 aliphatic carbocycles. The molecule has 3 heteroatoms. The van der Waals surface area contributed by atoms with Crippen molar-refractivity contribution in [2.45, 2.75) is 19.3 Å². The molecule has 14 heavy (non-hydrogen) atoms. The lowest BCUT2D eigenvalue weighted by molar-refractivity contribution is -0.112. The van der Waals surface area contributed by atoms with Crippen LogP contribution in [0.3, 0.4) is 0 Å². The molecule has 1 atom stereocenters. The van der Waals surface area contributed by atoms with Crippen LogP contribution in [0.4, 0.5) is 0 Å². The maximum absolute atomic E-state index is 10.6. The van der Waals surface area contributed by atoms with Gasteiger partial charge in [0.2, 0.25) is 0 Å². The zero-order valence-corrected chi connectivity index (χ0v) is 8.65. The second kappa shape index (κ2) is 4.89. The van der Waals surface area contributed by atoms with E-state index in [-0.39, 0.29) is 0 Å². The average molecular weight is 197 g/mol. The molecule has 80 valence electrons. The lowest BCUT2D eigenvalue weighted by atomic mass is 9.97. The first-order valence-corrected chi connectivity index (χ1v) is 5.64. The van der Waals surface area contributed by atoms with E-state index >= 15 is 0 Å². The summed E-state index contributed by atoms with van der Waals surface area (Å²) in [5.74, 6) is 1.06. The summed E-state index contributed by atoms with van der Waals surface area (Å²) in [7, 11) is 0. The van der Waals surface area contributed by atoms with Gasteiger partial charge in [-0.2, -0.15) is 0 Å². The third kappa shape index (κ3) is 2.55. The summed E-state index contributed by atoms with van der Waals surface area (Å²) in [5.41, 5.74) is 0. The van der Waals surface area contributed by atoms with Gasteiger partial charge < -0.3 is 14.4 Å². The Bertz CT molecular complexity index is 182. The Morgan fingerprint density at radius 1 is 1.29 bits per heavy atom. The Hall–Kier alpha value is -0.410. The van der Waals surface area contributed by atoms with Crippen LogP contribution < -0.4 is 0 Å². The third-order valence-electron chi connectivity index (χ3n) is 3.37. The van der Waals surface area contributed by atoms with E-state index in [1.54, 1.807) is 0 Å². The quantitative estimate of drug-likeness (QED) is 0.630. The van der Waals surface area contributed by atoms with E-state index in [0.29, 0.717) is 5.92 Å². The van der Waals surface area contributed by atoms with Crippen LogP contribution in [0.15, 0.2) is 0 Å². The van der Waals surface area contributed by atoms with Crippen molar-refractivity contribution in [2.75, 3.05) is 32.8 Å². The summed E-state index contributed by atoms with van der Waals surface area (Å²) >= 11 is 0. The highest BCUT2D eigenvalue weighted by atomic mass is 16.5. The number of ether oxygens (including phenoxy) is 1. The zero-order valence-electron chi connectivity index (χ0n) is 8.65. The first kappa shape index (κ1) is 10.1. The highest BCUT2D eigenvalue weighted by molar-refractivity contribution is 5.53. The van der Waals surface area contributed by atoms with E-state index in [9.17, 15) is 4.79 Å². The van der Waals surface area contributed by atoms with Gasteiger partial charge in [-0.25, -0.2) is 0 Å². The molecular formula is C11H19NO2. The van der Waals surface area contributed by atoms with Gasteiger partial charge in [-0.05, 0) is 38.3 Å². The fourth-order valence-corrected chi connectivity index (χ4v) is 2.36. The SMILES string of the molecule is O=CC1CCN(CC2CCOC2)CC1. The topological polar surface area (TPSA) is 29.5 Å². The Labute approximate surface area is 85.4 Å². The van der Waals surface area contributed by atoms with Gasteiger partial charge in [-0.1, -0.05) is 0 Å². The molecule has 1 unspecified atom stereocenters. The summed E-state index contributed by atoms with van der Waals surface area (Å²) < 4.78 is 5.36. The second-order valence-electron chi connectivity index (χ2n) is 4.50. The van der Waals surface area contributed by atoms with E-state index < -0.39 is 0 Å². The Morgan fingerprint density at radius 2 is 2.07 bits per heavy atom. The van der Waals surface area contributed by atoms with Crippen LogP contribution in [-0.2, 0) is 9.53 Å². The highest BCUT2D eigenvalue weighted by Crippen LogP contribution is 2.19. The third-order valence-corrected chi connectivity index (χ3v) is 3.37. The van der Waals surface area contributed by atoms with Gasteiger partial charge >= 0.3 is 0 Å². The van der Waals surface area contributed by atoms with E-state index in [2.05, 4.69) is 4.90 Å². The number of carbonyl (C=O) groups excluding carboxylic acids is 1. The zero-order chi connectivity index (χ0) is 9.80. The molecule has 0 aromatic carbocycles.